The maximum Gasteiger partial charge on any atom is 0.167 e. The predicted molar refractivity (Wildman–Crippen MR) is 92.6 cm³/mol. The normalized spacial score (nSPS) is 18.4. The number of carbonyl (C=O) groups excluding carboxylic acids is 1. The summed E-state index contributed by atoms with van der Waals surface area (Å²) in [6, 6.07) is 6.13. The third kappa shape index (κ3) is 3.96. The summed E-state index contributed by atoms with van der Waals surface area (Å²) in [5, 5.41) is 0. The third-order valence-corrected chi connectivity index (χ3v) is 4.98. The van der Waals surface area contributed by atoms with Crippen molar-refractivity contribution in [3.8, 4) is 0 Å². The molecule has 1 heterocycles. The number of likely N-dealkylation sites (N-methyl/N-ethyl adjacent to an activating group) is 1. The molecule has 0 aromatic heterocycles. The highest BCUT2D eigenvalue weighted by atomic mass is 16.1. The first-order valence-electron chi connectivity index (χ1n) is 8.64. The van der Waals surface area contributed by atoms with Crippen molar-refractivity contribution in [2.45, 2.75) is 34.1 Å². The van der Waals surface area contributed by atoms with Crippen molar-refractivity contribution in [1.82, 2.24) is 9.80 Å². The Morgan fingerprint density at radius 3 is 2.36 bits per heavy atom. The molecule has 1 aromatic carbocycles. The minimum atomic E-state index is 0.0685. The van der Waals surface area contributed by atoms with Gasteiger partial charge in [-0.1, -0.05) is 39.0 Å². The van der Waals surface area contributed by atoms with Crippen LogP contribution in [0.4, 0.5) is 0 Å². The Morgan fingerprint density at radius 2 is 1.77 bits per heavy atom. The molecule has 0 bridgehead atoms. The fourth-order valence-electron chi connectivity index (χ4n) is 3.36. The molecule has 0 spiro atoms. The van der Waals surface area contributed by atoms with Gasteiger partial charge in [-0.3, -0.25) is 4.79 Å². The average Bonchev–Trinajstić information content (AvgIpc) is 2.55. The van der Waals surface area contributed by atoms with Gasteiger partial charge in [-0.2, -0.15) is 0 Å². The maximum atomic E-state index is 12.8. The van der Waals surface area contributed by atoms with Crippen LogP contribution in [0.1, 0.15) is 42.3 Å². The zero-order valence-electron chi connectivity index (χ0n) is 14.6. The van der Waals surface area contributed by atoms with E-state index in [1.807, 2.05) is 12.1 Å². The van der Waals surface area contributed by atoms with Gasteiger partial charge < -0.3 is 9.80 Å². The molecule has 1 aliphatic rings. The lowest BCUT2D eigenvalue weighted by Gasteiger charge is -2.35. The molecule has 1 aliphatic heterocycles. The molecule has 1 unspecified atom stereocenters. The largest absolute Gasteiger partial charge is 0.301 e. The van der Waals surface area contributed by atoms with Crippen LogP contribution in [0.5, 0.6) is 0 Å². The summed E-state index contributed by atoms with van der Waals surface area (Å²) in [6.07, 6.45) is 0.986. The second-order valence-corrected chi connectivity index (χ2v) is 6.44. The first-order chi connectivity index (χ1) is 10.6. The minimum absolute atomic E-state index is 0.0685. The highest BCUT2D eigenvalue weighted by Crippen LogP contribution is 2.19. The Kier molecular flexibility index (Phi) is 6.16. The summed E-state index contributed by atoms with van der Waals surface area (Å²) in [5.41, 5.74) is 3.37. The van der Waals surface area contributed by atoms with Gasteiger partial charge in [0.1, 0.15) is 0 Å². The molecule has 0 radical (unpaired) electrons. The van der Waals surface area contributed by atoms with Crippen LogP contribution in [0.2, 0.25) is 0 Å². The van der Waals surface area contributed by atoms with Crippen LogP contribution in [0.25, 0.3) is 0 Å². The molecular weight excluding hydrogens is 272 g/mol. The van der Waals surface area contributed by atoms with Gasteiger partial charge in [0.25, 0.3) is 0 Å². The van der Waals surface area contributed by atoms with Crippen LogP contribution >= 0.6 is 0 Å². The monoisotopic (exact) mass is 302 g/mol. The summed E-state index contributed by atoms with van der Waals surface area (Å²) in [4.78, 5) is 17.7. The van der Waals surface area contributed by atoms with Crippen molar-refractivity contribution < 1.29 is 4.79 Å². The smallest absolute Gasteiger partial charge is 0.167 e. The number of hydrogen-bond acceptors (Lipinski definition) is 3. The van der Waals surface area contributed by atoms with Gasteiger partial charge in [-0.15, -0.1) is 0 Å². The summed E-state index contributed by atoms with van der Waals surface area (Å²) in [7, 11) is 0. The molecule has 1 saturated heterocycles. The van der Waals surface area contributed by atoms with Crippen LogP contribution in [-0.4, -0.2) is 54.9 Å². The van der Waals surface area contributed by atoms with E-state index in [0.717, 1.165) is 56.8 Å². The molecule has 0 amide bonds. The van der Waals surface area contributed by atoms with Gasteiger partial charge >= 0.3 is 0 Å². The van der Waals surface area contributed by atoms with E-state index in [-0.39, 0.29) is 5.92 Å². The number of aryl methyl sites for hydroxylation is 1. The van der Waals surface area contributed by atoms with Gasteiger partial charge in [0.15, 0.2) is 5.78 Å². The number of hydrogen-bond donors (Lipinski definition) is 0. The van der Waals surface area contributed by atoms with Crippen molar-refractivity contribution >= 4 is 5.78 Å². The second-order valence-electron chi connectivity index (χ2n) is 6.44. The topological polar surface area (TPSA) is 23.6 Å². The molecule has 2 rings (SSSR count). The van der Waals surface area contributed by atoms with E-state index in [2.05, 4.69) is 43.6 Å². The van der Waals surface area contributed by atoms with Crippen LogP contribution in [0.15, 0.2) is 18.2 Å². The van der Waals surface area contributed by atoms with Crippen LogP contribution in [0.3, 0.4) is 0 Å². The first kappa shape index (κ1) is 17.2. The van der Waals surface area contributed by atoms with E-state index >= 15 is 0 Å². The van der Waals surface area contributed by atoms with Gasteiger partial charge in [-0.05, 0) is 31.0 Å². The van der Waals surface area contributed by atoms with Gasteiger partial charge in [0.05, 0.1) is 0 Å². The lowest BCUT2D eigenvalue weighted by atomic mass is 9.92. The Hall–Kier alpha value is -1.19. The Bertz CT molecular complexity index is 504. The minimum Gasteiger partial charge on any atom is -0.301 e. The lowest BCUT2D eigenvalue weighted by molar-refractivity contribution is 0.0838. The van der Waals surface area contributed by atoms with Crippen molar-refractivity contribution in [2.24, 2.45) is 5.92 Å². The predicted octanol–water partition coefficient (Wildman–Crippen LogP) is 3.01. The fourth-order valence-corrected chi connectivity index (χ4v) is 3.36. The number of piperazine rings is 1. The van der Waals surface area contributed by atoms with E-state index in [1.165, 1.54) is 5.56 Å². The van der Waals surface area contributed by atoms with E-state index in [4.69, 9.17) is 0 Å². The molecule has 0 N–H and O–H groups in total. The zero-order chi connectivity index (χ0) is 16.1. The molecule has 122 valence electrons. The summed E-state index contributed by atoms with van der Waals surface area (Å²) in [6.45, 7) is 14.9. The van der Waals surface area contributed by atoms with E-state index < -0.39 is 0 Å². The average molecular weight is 302 g/mol. The van der Waals surface area contributed by atoms with Gasteiger partial charge in [0, 0.05) is 44.2 Å². The van der Waals surface area contributed by atoms with E-state index in [9.17, 15) is 4.79 Å². The molecule has 1 fully saturated rings. The molecule has 1 aromatic rings. The molecule has 0 saturated carbocycles. The molecule has 22 heavy (non-hydrogen) atoms. The lowest BCUT2D eigenvalue weighted by Crippen LogP contribution is -2.47. The Morgan fingerprint density at radius 1 is 1.14 bits per heavy atom. The molecule has 1 atom stereocenters. The van der Waals surface area contributed by atoms with Crippen LogP contribution < -0.4 is 0 Å². The molecule has 3 nitrogen and oxygen atoms in total. The standard InChI is InChI=1S/C19H30N2O/c1-5-17-8-7-9-18(16(17)4)19(22)15(3)14-21-12-10-20(6-2)11-13-21/h7-9,15H,5-6,10-14H2,1-4H3. The van der Waals surface area contributed by atoms with Crippen molar-refractivity contribution in [2.75, 3.05) is 39.3 Å². The number of rotatable bonds is 6. The highest BCUT2D eigenvalue weighted by molar-refractivity contribution is 5.99. The summed E-state index contributed by atoms with van der Waals surface area (Å²) in [5.74, 6) is 0.365. The number of carbonyl (C=O) groups is 1. The van der Waals surface area contributed by atoms with Crippen molar-refractivity contribution in [3.05, 3.63) is 34.9 Å². The highest BCUT2D eigenvalue weighted by Gasteiger charge is 2.23. The first-order valence-corrected chi connectivity index (χ1v) is 8.64. The Labute approximate surface area is 135 Å². The molecular formula is C19H30N2O. The molecule has 0 aliphatic carbocycles. The summed E-state index contributed by atoms with van der Waals surface area (Å²) >= 11 is 0. The number of ketones is 1. The summed E-state index contributed by atoms with van der Waals surface area (Å²) < 4.78 is 0. The number of benzene rings is 1. The fraction of sp³-hybridized carbons (Fsp3) is 0.632. The van der Waals surface area contributed by atoms with Crippen molar-refractivity contribution in [3.63, 3.8) is 0 Å². The van der Waals surface area contributed by atoms with Gasteiger partial charge in [0.2, 0.25) is 0 Å². The maximum absolute atomic E-state index is 12.8. The SMILES string of the molecule is CCc1cccc(C(=O)C(C)CN2CCN(CC)CC2)c1C. The Balaban J connectivity index is 1.98. The van der Waals surface area contributed by atoms with Crippen LogP contribution in [0, 0.1) is 12.8 Å². The van der Waals surface area contributed by atoms with E-state index in [0.29, 0.717) is 5.78 Å². The second kappa shape index (κ2) is 7.89. The zero-order valence-corrected chi connectivity index (χ0v) is 14.6. The van der Waals surface area contributed by atoms with Gasteiger partial charge in [-0.25, -0.2) is 0 Å². The molecule has 3 heteroatoms. The third-order valence-electron chi connectivity index (χ3n) is 4.98. The van der Waals surface area contributed by atoms with E-state index in [1.54, 1.807) is 0 Å². The van der Waals surface area contributed by atoms with Crippen molar-refractivity contribution in [1.29, 1.82) is 0 Å². The number of nitrogens with zero attached hydrogens (tertiary/aromatic N) is 2. The van der Waals surface area contributed by atoms with Crippen LogP contribution in [-0.2, 0) is 6.42 Å². The quantitative estimate of drug-likeness (QED) is 0.755. The number of Topliss-reactive ketones (excluding diaryl/α,β-unsaturated/α-hetero) is 1.